The monoisotopic (exact) mass is 322 g/mol. The van der Waals surface area contributed by atoms with Gasteiger partial charge in [-0.3, -0.25) is 4.79 Å². The lowest BCUT2D eigenvalue weighted by Gasteiger charge is -2.23. The van der Waals surface area contributed by atoms with Crippen LogP contribution in [0, 0.1) is 0 Å². The molecule has 22 heavy (non-hydrogen) atoms. The van der Waals surface area contributed by atoms with E-state index in [2.05, 4.69) is 13.2 Å². The summed E-state index contributed by atoms with van der Waals surface area (Å²) in [5.41, 5.74) is 1.50. The molecule has 0 amide bonds. The number of ether oxygens (including phenoxy) is 1. The first-order valence-corrected chi connectivity index (χ1v) is 8.63. The van der Waals surface area contributed by atoms with Crippen molar-refractivity contribution in [3.8, 4) is 0 Å². The highest BCUT2D eigenvalue weighted by molar-refractivity contribution is 7.93. The van der Waals surface area contributed by atoms with Crippen molar-refractivity contribution >= 4 is 15.8 Å². The van der Waals surface area contributed by atoms with Crippen LogP contribution < -0.4 is 0 Å². The molecule has 0 bridgehead atoms. The summed E-state index contributed by atoms with van der Waals surface area (Å²) < 4.78 is 30.6. The third-order valence-electron chi connectivity index (χ3n) is 3.41. The molecule has 4 nitrogen and oxygen atoms in total. The number of hydrogen-bond donors (Lipinski definition) is 0. The largest absolute Gasteiger partial charge is 0.465 e. The lowest BCUT2D eigenvalue weighted by molar-refractivity contribution is -0.142. The van der Waals surface area contributed by atoms with Gasteiger partial charge in [0.05, 0.1) is 6.61 Å². The molecule has 0 radical (unpaired) electrons. The number of benzene rings is 1. The van der Waals surface area contributed by atoms with Crippen LogP contribution in [-0.4, -0.2) is 26.2 Å². The van der Waals surface area contributed by atoms with E-state index in [0.717, 1.165) is 0 Å². The maximum absolute atomic E-state index is 12.9. The van der Waals surface area contributed by atoms with Crippen LogP contribution in [0.2, 0.25) is 0 Å². The normalized spacial score (nSPS) is 14.0. The van der Waals surface area contributed by atoms with Gasteiger partial charge in [0, 0.05) is 0 Å². The predicted octanol–water partition coefficient (Wildman–Crippen LogP) is 3.23. The lowest BCUT2D eigenvalue weighted by Crippen LogP contribution is -2.33. The first-order valence-electron chi connectivity index (χ1n) is 7.02. The van der Waals surface area contributed by atoms with Gasteiger partial charge in [-0.05, 0) is 31.9 Å². The molecule has 1 aromatic carbocycles. The Bertz CT molecular complexity index is 659. The molecule has 2 atom stereocenters. The van der Waals surface area contributed by atoms with Crippen molar-refractivity contribution in [3.63, 3.8) is 0 Å². The number of hydrogen-bond acceptors (Lipinski definition) is 4. The molecule has 120 valence electrons. The van der Waals surface area contributed by atoms with Crippen molar-refractivity contribution in [2.75, 3.05) is 6.61 Å². The van der Waals surface area contributed by atoms with Gasteiger partial charge in [-0.25, -0.2) is 8.42 Å². The summed E-state index contributed by atoms with van der Waals surface area (Å²) in [6, 6.07) is 8.70. The zero-order valence-electron chi connectivity index (χ0n) is 13.2. The van der Waals surface area contributed by atoms with Gasteiger partial charge in [-0.2, -0.15) is 0 Å². The molecule has 0 heterocycles. The van der Waals surface area contributed by atoms with Crippen LogP contribution in [0.3, 0.4) is 0 Å². The summed E-state index contributed by atoms with van der Waals surface area (Å²) in [6.45, 7) is 12.4. The third-order valence-corrected chi connectivity index (χ3v) is 5.80. The van der Waals surface area contributed by atoms with Gasteiger partial charge in [0.25, 0.3) is 0 Å². The summed E-state index contributed by atoms with van der Waals surface area (Å²) in [7, 11) is -3.85. The van der Waals surface area contributed by atoms with Crippen LogP contribution in [-0.2, 0) is 19.4 Å². The highest BCUT2D eigenvalue weighted by Crippen LogP contribution is 2.35. The summed E-state index contributed by atoms with van der Waals surface area (Å²) in [4.78, 5) is 11.9. The third kappa shape index (κ3) is 3.85. The molecule has 0 fully saturated rings. The number of rotatable bonds is 7. The van der Waals surface area contributed by atoms with Crippen molar-refractivity contribution in [3.05, 3.63) is 60.2 Å². The Kier molecular flexibility index (Phi) is 6.11. The molecular weight excluding hydrogens is 300 g/mol. The highest BCUT2D eigenvalue weighted by Gasteiger charge is 2.39. The molecule has 0 spiro atoms. The summed E-state index contributed by atoms with van der Waals surface area (Å²) >= 11 is 0. The minimum Gasteiger partial charge on any atom is -0.465 e. The molecule has 1 rings (SSSR count). The van der Waals surface area contributed by atoms with E-state index in [1.807, 2.05) is 0 Å². The van der Waals surface area contributed by atoms with Crippen LogP contribution in [0.5, 0.6) is 0 Å². The van der Waals surface area contributed by atoms with Gasteiger partial charge < -0.3 is 4.74 Å². The fraction of sp³-hybridized carbons (Fsp3) is 0.353. The molecule has 0 aliphatic rings. The van der Waals surface area contributed by atoms with Crippen molar-refractivity contribution < 1.29 is 17.9 Å². The maximum Gasteiger partial charge on any atom is 0.324 e. The molecule has 1 aromatic rings. The van der Waals surface area contributed by atoms with Crippen LogP contribution in [0.15, 0.2) is 54.6 Å². The zero-order valence-corrected chi connectivity index (χ0v) is 14.0. The quantitative estimate of drug-likeness (QED) is 0.571. The van der Waals surface area contributed by atoms with Crippen LogP contribution in [0.25, 0.3) is 0 Å². The SMILES string of the molecule is C=C(C)C(=C)C(c1ccccc1)S(=O)(=O)C(C)C(=O)OCC. The molecule has 2 unspecified atom stereocenters. The number of carbonyl (C=O) groups is 1. The Hall–Kier alpha value is -1.88. The Morgan fingerprint density at radius 2 is 1.77 bits per heavy atom. The van der Waals surface area contributed by atoms with E-state index < -0.39 is 26.3 Å². The Balaban J connectivity index is 3.35. The van der Waals surface area contributed by atoms with Gasteiger partial charge in [0.1, 0.15) is 5.25 Å². The maximum atomic E-state index is 12.9. The minimum atomic E-state index is -3.85. The molecule has 0 saturated carbocycles. The summed E-state index contributed by atoms with van der Waals surface area (Å²) in [5.74, 6) is -0.752. The molecule has 0 aromatic heterocycles. The van der Waals surface area contributed by atoms with Gasteiger partial charge in [0.2, 0.25) is 0 Å². The average Bonchev–Trinajstić information content (AvgIpc) is 2.47. The number of esters is 1. The molecule has 5 heteroatoms. The standard InChI is InChI=1S/C17H22O4S/c1-6-21-17(18)14(5)22(19,20)16(13(4)12(2)3)15-10-8-7-9-11-15/h7-11,14,16H,2,4,6H2,1,3,5H3. The summed E-state index contributed by atoms with van der Waals surface area (Å²) in [5, 5.41) is -2.28. The molecule has 0 N–H and O–H groups in total. The molecule has 0 aliphatic carbocycles. The highest BCUT2D eigenvalue weighted by atomic mass is 32.2. The van der Waals surface area contributed by atoms with Crippen LogP contribution in [0.4, 0.5) is 0 Å². The van der Waals surface area contributed by atoms with E-state index in [1.54, 1.807) is 44.2 Å². The fourth-order valence-electron chi connectivity index (χ4n) is 2.04. The van der Waals surface area contributed by atoms with Gasteiger partial charge in [0.15, 0.2) is 15.1 Å². The van der Waals surface area contributed by atoms with E-state index in [9.17, 15) is 13.2 Å². The van der Waals surface area contributed by atoms with Crippen molar-refractivity contribution in [1.82, 2.24) is 0 Å². The topological polar surface area (TPSA) is 60.4 Å². The molecule has 0 aliphatic heterocycles. The van der Waals surface area contributed by atoms with Crippen LogP contribution in [0.1, 0.15) is 31.6 Å². The molecule has 0 saturated heterocycles. The lowest BCUT2D eigenvalue weighted by atomic mass is 10.0. The zero-order chi connectivity index (χ0) is 16.9. The Labute approximate surface area is 132 Å². The van der Waals surface area contributed by atoms with Crippen LogP contribution >= 0.6 is 0 Å². The fourth-order valence-corrected chi connectivity index (χ4v) is 3.92. The summed E-state index contributed by atoms with van der Waals surface area (Å²) in [6.07, 6.45) is 0. The van der Waals surface area contributed by atoms with Gasteiger partial charge in [-0.1, -0.05) is 49.1 Å². The number of allylic oxidation sites excluding steroid dienone is 1. The first-order chi connectivity index (χ1) is 10.2. The molecular formula is C17H22O4S. The Morgan fingerprint density at radius 1 is 1.23 bits per heavy atom. The second kappa shape index (κ2) is 7.40. The van der Waals surface area contributed by atoms with Gasteiger partial charge >= 0.3 is 5.97 Å². The van der Waals surface area contributed by atoms with E-state index in [-0.39, 0.29) is 6.61 Å². The first kappa shape index (κ1) is 18.2. The number of carbonyl (C=O) groups excluding carboxylic acids is 1. The Morgan fingerprint density at radius 3 is 2.23 bits per heavy atom. The van der Waals surface area contributed by atoms with E-state index in [0.29, 0.717) is 16.7 Å². The number of sulfone groups is 1. The van der Waals surface area contributed by atoms with Crippen molar-refractivity contribution in [1.29, 1.82) is 0 Å². The van der Waals surface area contributed by atoms with Gasteiger partial charge in [-0.15, -0.1) is 0 Å². The van der Waals surface area contributed by atoms with Crippen molar-refractivity contribution in [2.24, 2.45) is 0 Å². The van der Waals surface area contributed by atoms with E-state index in [1.165, 1.54) is 6.92 Å². The average molecular weight is 322 g/mol. The second-order valence-electron chi connectivity index (χ2n) is 5.08. The van der Waals surface area contributed by atoms with E-state index >= 15 is 0 Å². The second-order valence-corrected chi connectivity index (χ2v) is 7.44. The minimum absolute atomic E-state index is 0.135. The van der Waals surface area contributed by atoms with E-state index in [4.69, 9.17) is 4.74 Å². The van der Waals surface area contributed by atoms with Crippen molar-refractivity contribution in [2.45, 2.75) is 31.3 Å². The smallest absolute Gasteiger partial charge is 0.324 e. The predicted molar refractivity (Wildman–Crippen MR) is 88.2 cm³/mol.